The molecule has 1 aliphatic heterocycles. The number of aliphatic hydroxyl groups excluding tert-OH is 1. The van der Waals surface area contributed by atoms with E-state index in [9.17, 15) is 14.7 Å². The van der Waals surface area contributed by atoms with Crippen LogP contribution >= 0.6 is 23.2 Å². The highest BCUT2D eigenvalue weighted by atomic mass is 35.5. The second-order valence-electron chi connectivity index (χ2n) is 7.79. The second kappa shape index (κ2) is 9.28. The first-order chi connectivity index (χ1) is 15.3. The van der Waals surface area contributed by atoms with Gasteiger partial charge in [0.2, 0.25) is 0 Å². The van der Waals surface area contributed by atoms with Crippen LogP contribution in [0.4, 0.5) is 0 Å². The number of likely N-dealkylation sites (tertiary alicyclic amines) is 1. The second-order valence-corrected chi connectivity index (χ2v) is 8.64. The van der Waals surface area contributed by atoms with Gasteiger partial charge in [-0.2, -0.15) is 0 Å². The number of nitrogens with zero attached hydrogens (tertiary/aromatic N) is 2. The van der Waals surface area contributed by atoms with Gasteiger partial charge in [0.25, 0.3) is 11.8 Å². The zero-order chi connectivity index (χ0) is 22.8. The Balaban J connectivity index is 1.62. The maximum atomic E-state index is 12.9. The Labute approximate surface area is 195 Å². The van der Waals surface area contributed by atoms with Crippen molar-refractivity contribution in [3.63, 3.8) is 0 Å². The number of amides is 2. The van der Waals surface area contributed by atoms with Gasteiger partial charge in [-0.15, -0.1) is 0 Å². The molecule has 0 radical (unpaired) electrons. The molecule has 2 aromatic carbocycles. The van der Waals surface area contributed by atoms with Crippen molar-refractivity contribution < 1.29 is 14.7 Å². The Hall–Kier alpha value is -2.93. The molecule has 4 rings (SSSR count). The smallest absolute Gasteiger partial charge is 0.254 e. The summed E-state index contributed by atoms with van der Waals surface area (Å²) < 4.78 is 0. The molecule has 2 heterocycles. The van der Waals surface area contributed by atoms with Gasteiger partial charge >= 0.3 is 0 Å². The summed E-state index contributed by atoms with van der Waals surface area (Å²) in [5.74, 6) is -0.579. The van der Waals surface area contributed by atoms with Crippen molar-refractivity contribution in [2.75, 3.05) is 13.1 Å². The molecule has 2 amide bonds. The summed E-state index contributed by atoms with van der Waals surface area (Å²) in [5.41, 5.74) is 3.99. The molecule has 0 saturated carbocycles. The summed E-state index contributed by atoms with van der Waals surface area (Å²) in [6.45, 7) is 2.69. The van der Waals surface area contributed by atoms with E-state index in [2.05, 4.69) is 10.3 Å². The molecule has 164 valence electrons. The first-order valence-electron chi connectivity index (χ1n) is 10.1. The third-order valence-corrected chi connectivity index (χ3v) is 5.81. The van der Waals surface area contributed by atoms with Crippen LogP contribution < -0.4 is 5.32 Å². The number of carbonyl (C=O) groups excluding carboxylic acids is 2. The molecule has 1 fully saturated rings. The van der Waals surface area contributed by atoms with Crippen LogP contribution in [0.25, 0.3) is 11.1 Å². The van der Waals surface area contributed by atoms with Gasteiger partial charge in [0.05, 0.1) is 28.4 Å². The molecule has 2 N–H and O–H groups in total. The molecule has 3 aromatic rings. The third kappa shape index (κ3) is 4.93. The predicted octanol–water partition coefficient (Wildman–Crippen LogP) is 4.11. The van der Waals surface area contributed by atoms with Gasteiger partial charge in [-0.25, -0.2) is 0 Å². The molecule has 0 atom stereocenters. The zero-order valence-electron chi connectivity index (χ0n) is 17.3. The molecule has 6 nitrogen and oxygen atoms in total. The Morgan fingerprint density at radius 3 is 2.41 bits per heavy atom. The van der Waals surface area contributed by atoms with Gasteiger partial charge in [0.1, 0.15) is 0 Å². The summed E-state index contributed by atoms with van der Waals surface area (Å²) >= 11 is 12.0. The first kappa shape index (κ1) is 22.3. The van der Waals surface area contributed by atoms with Crippen molar-refractivity contribution in [2.45, 2.75) is 19.6 Å². The fourth-order valence-corrected chi connectivity index (χ4v) is 3.88. The van der Waals surface area contributed by atoms with Crippen molar-refractivity contribution >= 4 is 35.0 Å². The minimum Gasteiger partial charge on any atom is -0.389 e. The molecule has 0 bridgehead atoms. The van der Waals surface area contributed by atoms with Gasteiger partial charge in [-0.3, -0.25) is 14.6 Å². The van der Waals surface area contributed by atoms with Crippen molar-refractivity contribution in [2.24, 2.45) is 0 Å². The highest BCUT2D eigenvalue weighted by molar-refractivity contribution is 6.34. The lowest BCUT2D eigenvalue weighted by molar-refractivity contribution is 0.00589. The van der Waals surface area contributed by atoms with E-state index in [0.717, 1.165) is 16.7 Å². The van der Waals surface area contributed by atoms with E-state index in [0.29, 0.717) is 26.9 Å². The Bertz CT molecular complexity index is 1180. The summed E-state index contributed by atoms with van der Waals surface area (Å²) in [5, 5.41) is 13.1. The number of carbonyl (C=O) groups is 2. The number of aromatic nitrogens is 1. The fourth-order valence-electron chi connectivity index (χ4n) is 3.44. The number of aryl methyl sites for hydroxylation is 1. The van der Waals surface area contributed by atoms with Crippen molar-refractivity contribution in [3.05, 3.63) is 87.2 Å². The zero-order valence-corrected chi connectivity index (χ0v) is 18.8. The van der Waals surface area contributed by atoms with E-state index >= 15 is 0 Å². The summed E-state index contributed by atoms with van der Waals surface area (Å²) in [6, 6.07) is 14.5. The quantitative estimate of drug-likeness (QED) is 0.588. The number of benzene rings is 2. The molecular formula is C24H21Cl2N3O3. The SMILES string of the molecule is Cc1ccc(-c2cc(C(=O)NCc3ncc(Cl)cc3Cl)cc(C(=O)N3CC(O)C3)c2)cc1. The maximum Gasteiger partial charge on any atom is 0.254 e. The molecule has 1 aromatic heterocycles. The standard InChI is InChI=1S/C24H21Cl2N3O3/c1-14-2-4-15(5-3-14)16-6-17(8-18(7-16)24(32)29-12-20(30)13-29)23(31)28-11-22-21(26)9-19(25)10-27-22/h2-10,20,30H,11-13H2,1H3,(H,28,31). The van der Waals surface area contributed by atoms with Crippen LogP contribution in [0.2, 0.25) is 10.0 Å². The Kier molecular flexibility index (Phi) is 6.46. The Morgan fingerprint density at radius 2 is 1.75 bits per heavy atom. The lowest BCUT2D eigenvalue weighted by Gasteiger charge is -2.36. The first-order valence-corrected chi connectivity index (χ1v) is 10.8. The van der Waals surface area contributed by atoms with Gasteiger partial charge in [0.15, 0.2) is 0 Å². The van der Waals surface area contributed by atoms with E-state index < -0.39 is 6.10 Å². The minimum absolute atomic E-state index is 0.116. The van der Waals surface area contributed by atoms with Crippen LogP contribution in [0, 0.1) is 6.92 Å². The predicted molar refractivity (Wildman–Crippen MR) is 124 cm³/mol. The molecule has 8 heteroatoms. The fraction of sp³-hybridized carbons (Fsp3) is 0.208. The molecule has 32 heavy (non-hydrogen) atoms. The highest BCUT2D eigenvalue weighted by Crippen LogP contribution is 2.25. The van der Waals surface area contributed by atoms with Crippen LogP contribution in [0.1, 0.15) is 32.0 Å². The molecule has 0 spiro atoms. The van der Waals surface area contributed by atoms with Gasteiger partial charge in [-0.1, -0.05) is 53.0 Å². The van der Waals surface area contributed by atoms with Crippen LogP contribution in [-0.2, 0) is 6.54 Å². The van der Waals surface area contributed by atoms with E-state index in [4.69, 9.17) is 23.2 Å². The van der Waals surface area contributed by atoms with Crippen LogP contribution in [0.3, 0.4) is 0 Å². The topological polar surface area (TPSA) is 82.5 Å². The largest absolute Gasteiger partial charge is 0.389 e. The number of hydrogen-bond acceptors (Lipinski definition) is 4. The normalized spacial score (nSPS) is 13.6. The number of halogens is 2. The molecule has 0 unspecified atom stereocenters. The minimum atomic E-state index is -0.501. The van der Waals surface area contributed by atoms with Crippen molar-refractivity contribution in [1.82, 2.24) is 15.2 Å². The number of rotatable bonds is 5. The van der Waals surface area contributed by atoms with E-state index in [-0.39, 0.29) is 31.4 Å². The monoisotopic (exact) mass is 469 g/mol. The van der Waals surface area contributed by atoms with Gasteiger partial charge in [-0.05, 0) is 42.3 Å². The molecular weight excluding hydrogens is 449 g/mol. The molecule has 1 aliphatic rings. The maximum absolute atomic E-state index is 12.9. The Morgan fingerprint density at radius 1 is 1.06 bits per heavy atom. The van der Waals surface area contributed by atoms with Crippen molar-refractivity contribution in [3.8, 4) is 11.1 Å². The number of hydrogen-bond donors (Lipinski definition) is 2. The summed E-state index contributed by atoms with van der Waals surface area (Å²) in [6.07, 6.45) is 0.962. The number of nitrogens with one attached hydrogen (secondary N) is 1. The lowest BCUT2D eigenvalue weighted by atomic mass is 9.97. The van der Waals surface area contributed by atoms with Crippen molar-refractivity contribution in [1.29, 1.82) is 0 Å². The average molecular weight is 470 g/mol. The van der Waals surface area contributed by atoms with Crippen LogP contribution in [0.5, 0.6) is 0 Å². The van der Waals surface area contributed by atoms with E-state index in [1.165, 1.54) is 6.20 Å². The van der Waals surface area contributed by atoms with Crippen LogP contribution in [0.15, 0.2) is 54.7 Å². The van der Waals surface area contributed by atoms with E-state index in [1.54, 1.807) is 29.2 Å². The summed E-state index contributed by atoms with van der Waals surface area (Å²) in [7, 11) is 0. The molecule has 1 saturated heterocycles. The molecule has 0 aliphatic carbocycles. The van der Waals surface area contributed by atoms with Gasteiger partial charge in [0, 0.05) is 30.4 Å². The van der Waals surface area contributed by atoms with E-state index in [1.807, 2.05) is 31.2 Å². The third-order valence-electron chi connectivity index (χ3n) is 5.28. The average Bonchev–Trinajstić information content (AvgIpc) is 2.76. The number of pyridine rings is 1. The lowest BCUT2D eigenvalue weighted by Crippen LogP contribution is -2.53. The number of β-amino-alcohol motifs (C(OH)–C–C–N with tert-alkyl or cyclic N) is 1. The van der Waals surface area contributed by atoms with Crippen LogP contribution in [-0.4, -0.2) is 46.0 Å². The van der Waals surface area contributed by atoms with Gasteiger partial charge < -0.3 is 15.3 Å². The number of aliphatic hydroxyl groups is 1. The highest BCUT2D eigenvalue weighted by Gasteiger charge is 2.30. The summed E-state index contributed by atoms with van der Waals surface area (Å²) in [4.78, 5) is 31.5.